The number of aromatic nitrogens is 2. The average molecular weight is 379 g/mol. The van der Waals surface area contributed by atoms with Gasteiger partial charge in [-0.3, -0.25) is 9.69 Å². The minimum atomic E-state index is 0.0391. The van der Waals surface area contributed by atoms with Crippen molar-refractivity contribution >= 4 is 10.9 Å². The van der Waals surface area contributed by atoms with Gasteiger partial charge in [-0.05, 0) is 56.1 Å². The quantitative estimate of drug-likeness (QED) is 0.716. The van der Waals surface area contributed by atoms with Gasteiger partial charge in [0.25, 0.3) is 5.56 Å². The van der Waals surface area contributed by atoms with E-state index in [1.165, 1.54) is 37.1 Å². The zero-order valence-electron chi connectivity index (χ0n) is 16.9. The molecule has 2 aromatic heterocycles. The van der Waals surface area contributed by atoms with Crippen LogP contribution in [-0.2, 0) is 20.1 Å². The summed E-state index contributed by atoms with van der Waals surface area (Å²) in [4.78, 5) is 20.3. The van der Waals surface area contributed by atoms with Crippen LogP contribution in [-0.4, -0.2) is 46.0 Å². The number of likely N-dealkylation sites (tertiary alicyclic amines) is 1. The van der Waals surface area contributed by atoms with Gasteiger partial charge in [0.15, 0.2) is 0 Å². The zero-order chi connectivity index (χ0) is 19.5. The monoisotopic (exact) mass is 378 g/mol. The van der Waals surface area contributed by atoms with Crippen molar-refractivity contribution in [3.63, 3.8) is 0 Å². The van der Waals surface area contributed by atoms with Crippen LogP contribution in [0.3, 0.4) is 0 Å². The summed E-state index contributed by atoms with van der Waals surface area (Å²) in [6.45, 7) is 5.39. The lowest BCUT2D eigenvalue weighted by atomic mass is 9.95. The molecule has 28 heavy (non-hydrogen) atoms. The summed E-state index contributed by atoms with van der Waals surface area (Å²) in [7, 11) is 4.02. The normalized spacial score (nSPS) is 16.2. The van der Waals surface area contributed by atoms with E-state index in [-0.39, 0.29) is 5.56 Å². The number of hydrogen-bond donors (Lipinski definition) is 1. The second-order valence-electron chi connectivity index (χ2n) is 8.24. The molecule has 4 rings (SSSR count). The highest BCUT2D eigenvalue weighted by molar-refractivity contribution is 5.81. The van der Waals surface area contributed by atoms with E-state index >= 15 is 0 Å². The van der Waals surface area contributed by atoms with E-state index < -0.39 is 0 Å². The highest BCUT2D eigenvalue weighted by Gasteiger charge is 2.21. The molecule has 0 unspecified atom stereocenters. The number of fused-ring (bicyclic) bond motifs is 1. The van der Waals surface area contributed by atoms with E-state index in [1.807, 2.05) is 25.5 Å². The van der Waals surface area contributed by atoms with Crippen LogP contribution in [0.1, 0.15) is 24.0 Å². The summed E-state index contributed by atoms with van der Waals surface area (Å²) in [6.07, 6.45) is 6.35. The van der Waals surface area contributed by atoms with Crippen LogP contribution in [0.15, 0.2) is 53.6 Å². The number of piperidine rings is 1. The molecule has 0 radical (unpaired) electrons. The van der Waals surface area contributed by atoms with E-state index in [1.54, 1.807) is 4.57 Å². The van der Waals surface area contributed by atoms with Crippen molar-refractivity contribution in [3.8, 4) is 0 Å². The standard InChI is InChI=1S/C23H30N4O/c1-25(16-20-17-26(2)23(28)22-21(20)8-11-24-22)14-19-9-12-27(13-10-19)15-18-6-4-3-5-7-18/h3-8,11,17,19,24H,9-10,12-16H2,1-2H3. The fourth-order valence-electron chi connectivity index (χ4n) is 4.44. The van der Waals surface area contributed by atoms with Crippen LogP contribution in [0.25, 0.3) is 10.9 Å². The van der Waals surface area contributed by atoms with E-state index in [2.05, 4.69) is 52.2 Å². The maximum atomic E-state index is 12.2. The first kappa shape index (κ1) is 19.0. The number of nitrogens with zero attached hydrogens (tertiary/aromatic N) is 3. The number of rotatable bonds is 6. The molecule has 0 atom stereocenters. The molecular formula is C23H30N4O. The summed E-state index contributed by atoms with van der Waals surface area (Å²) in [5.74, 6) is 0.742. The third kappa shape index (κ3) is 4.21. The Labute approximate surface area is 166 Å². The number of aryl methyl sites for hydroxylation is 1. The number of benzene rings is 1. The molecule has 0 aliphatic carbocycles. The average Bonchev–Trinajstić information content (AvgIpc) is 3.19. The predicted octanol–water partition coefficient (Wildman–Crippen LogP) is 3.21. The van der Waals surface area contributed by atoms with Gasteiger partial charge in [0, 0.05) is 44.5 Å². The zero-order valence-corrected chi connectivity index (χ0v) is 16.9. The summed E-state index contributed by atoms with van der Waals surface area (Å²) in [5, 5.41) is 1.05. The highest BCUT2D eigenvalue weighted by Crippen LogP contribution is 2.21. The molecule has 5 heteroatoms. The Morgan fingerprint density at radius 1 is 1.14 bits per heavy atom. The van der Waals surface area contributed by atoms with Crippen LogP contribution in [0.4, 0.5) is 0 Å². The van der Waals surface area contributed by atoms with Crippen molar-refractivity contribution in [1.82, 2.24) is 19.4 Å². The Balaban J connectivity index is 1.32. The minimum absolute atomic E-state index is 0.0391. The van der Waals surface area contributed by atoms with Crippen molar-refractivity contribution in [3.05, 3.63) is 70.3 Å². The minimum Gasteiger partial charge on any atom is -0.357 e. The molecule has 148 valence electrons. The Morgan fingerprint density at radius 3 is 2.64 bits per heavy atom. The summed E-state index contributed by atoms with van der Waals surface area (Å²) < 4.78 is 1.68. The second-order valence-corrected chi connectivity index (χ2v) is 8.24. The lowest BCUT2D eigenvalue weighted by Crippen LogP contribution is -2.37. The van der Waals surface area contributed by atoms with Crippen molar-refractivity contribution < 1.29 is 0 Å². The van der Waals surface area contributed by atoms with E-state index in [9.17, 15) is 4.79 Å². The second kappa shape index (κ2) is 8.33. The molecule has 0 spiro atoms. The predicted molar refractivity (Wildman–Crippen MR) is 114 cm³/mol. The lowest BCUT2D eigenvalue weighted by molar-refractivity contribution is 0.147. The van der Waals surface area contributed by atoms with Gasteiger partial charge >= 0.3 is 0 Å². The van der Waals surface area contributed by atoms with Gasteiger partial charge < -0.3 is 14.5 Å². The van der Waals surface area contributed by atoms with Crippen molar-refractivity contribution in [1.29, 1.82) is 0 Å². The first-order valence-corrected chi connectivity index (χ1v) is 10.2. The van der Waals surface area contributed by atoms with Gasteiger partial charge in [0.1, 0.15) is 5.52 Å². The molecule has 1 aliphatic rings. The number of nitrogens with one attached hydrogen (secondary N) is 1. The number of H-pyrrole nitrogens is 1. The summed E-state index contributed by atoms with van der Waals surface area (Å²) >= 11 is 0. The molecule has 0 amide bonds. The van der Waals surface area contributed by atoms with Gasteiger partial charge in [0.05, 0.1) is 0 Å². The largest absolute Gasteiger partial charge is 0.357 e. The molecule has 3 aromatic rings. The smallest absolute Gasteiger partial charge is 0.274 e. The summed E-state index contributed by atoms with van der Waals surface area (Å²) in [5.41, 5.74) is 3.37. The number of pyridine rings is 1. The third-order valence-electron chi connectivity index (χ3n) is 5.94. The lowest BCUT2D eigenvalue weighted by Gasteiger charge is -2.34. The third-order valence-corrected chi connectivity index (χ3v) is 5.94. The van der Waals surface area contributed by atoms with Crippen molar-refractivity contribution in [2.24, 2.45) is 13.0 Å². The van der Waals surface area contributed by atoms with E-state index in [0.29, 0.717) is 5.52 Å². The molecule has 5 nitrogen and oxygen atoms in total. The fraction of sp³-hybridized carbons (Fsp3) is 0.435. The molecule has 1 saturated heterocycles. The van der Waals surface area contributed by atoms with Crippen LogP contribution < -0.4 is 5.56 Å². The molecule has 0 saturated carbocycles. The first-order chi connectivity index (χ1) is 13.6. The highest BCUT2D eigenvalue weighted by atomic mass is 16.1. The van der Waals surface area contributed by atoms with E-state index in [4.69, 9.17) is 0 Å². The molecule has 1 N–H and O–H groups in total. The van der Waals surface area contributed by atoms with Crippen LogP contribution in [0.5, 0.6) is 0 Å². The fourth-order valence-corrected chi connectivity index (χ4v) is 4.44. The molecule has 0 bridgehead atoms. The van der Waals surface area contributed by atoms with Crippen molar-refractivity contribution in [2.45, 2.75) is 25.9 Å². The van der Waals surface area contributed by atoms with Gasteiger partial charge in [-0.25, -0.2) is 0 Å². The maximum absolute atomic E-state index is 12.2. The van der Waals surface area contributed by atoms with Crippen molar-refractivity contribution in [2.75, 3.05) is 26.7 Å². The molecular weight excluding hydrogens is 348 g/mol. The Bertz CT molecular complexity index is 967. The molecule has 1 aromatic carbocycles. The van der Waals surface area contributed by atoms with Gasteiger partial charge in [0.2, 0.25) is 0 Å². The van der Waals surface area contributed by atoms with Gasteiger partial charge in [-0.1, -0.05) is 30.3 Å². The van der Waals surface area contributed by atoms with Crippen LogP contribution >= 0.6 is 0 Å². The molecule has 1 fully saturated rings. The van der Waals surface area contributed by atoms with Gasteiger partial charge in [-0.2, -0.15) is 0 Å². The Hall–Kier alpha value is -2.37. The van der Waals surface area contributed by atoms with Gasteiger partial charge in [-0.15, -0.1) is 0 Å². The topological polar surface area (TPSA) is 44.3 Å². The summed E-state index contributed by atoms with van der Waals surface area (Å²) in [6, 6.07) is 12.8. The Morgan fingerprint density at radius 2 is 1.89 bits per heavy atom. The Kier molecular flexibility index (Phi) is 5.64. The number of aromatic amines is 1. The van der Waals surface area contributed by atoms with E-state index in [0.717, 1.165) is 30.9 Å². The maximum Gasteiger partial charge on any atom is 0.274 e. The van der Waals surface area contributed by atoms with Crippen LogP contribution in [0.2, 0.25) is 0 Å². The molecule has 3 heterocycles. The van der Waals surface area contributed by atoms with Crippen LogP contribution in [0, 0.1) is 5.92 Å². The SMILES string of the molecule is CN(Cc1cn(C)c(=O)c2[nH]ccc12)CC1CCN(Cc2ccccc2)CC1. The number of hydrogen-bond acceptors (Lipinski definition) is 3. The first-order valence-electron chi connectivity index (χ1n) is 10.2. The molecule has 1 aliphatic heterocycles.